The topological polar surface area (TPSA) is 95.9 Å². The molecule has 6 heteroatoms. The molecule has 0 radical (unpaired) electrons. The number of carbonyl (C=O) groups is 2. The van der Waals surface area contributed by atoms with Crippen molar-refractivity contribution in [3.63, 3.8) is 0 Å². The summed E-state index contributed by atoms with van der Waals surface area (Å²) in [5, 5.41) is 23.2. The lowest BCUT2D eigenvalue weighted by Crippen LogP contribution is -2.45. The van der Waals surface area contributed by atoms with Gasteiger partial charge in [-0.2, -0.15) is 0 Å². The standard InChI is InChI=1S/C53H101NO5/c1-3-5-7-9-11-13-15-17-19-20-21-22-25-29-33-37-41-45-51(56)50(49-55)54-52(57)46-42-38-34-30-26-24-28-32-36-40-44-48-59-53(58)47-43-39-35-31-27-23-18-16-14-12-10-8-6-4-2/h10,12,16,18,50-51,55-56H,3-9,11,13-15,17,19-49H2,1-2H3,(H,54,57)/b12-10-,18-16-. The number of esters is 1. The maximum absolute atomic E-state index is 12.5. The van der Waals surface area contributed by atoms with Crippen molar-refractivity contribution in [2.24, 2.45) is 0 Å². The molecule has 59 heavy (non-hydrogen) atoms. The number of carbonyl (C=O) groups excluding carboxylic acids is 2. The molecular formula is C53H101NO5. The molecule has 0 aliphatic carbocycles. The summed E-state index contributed by atoms with van der Waals surface area (Å²) in [6, 6.07) is -0.556. The SMILES string of the molecule is CCCC/C=C\C/C=C\CCCCCCCC(=O)OCCCCCCCCCCCCCC(=O)NC(CO)C(O)CCCCCCCCCCCCCCCCCCC. The summed E-state index contributed by atoms with van der Waals surface area (Å²) in [4.78, 5) is 24.5. The van der Waals surface area contributed by atoms with E-state index in [-0.39, 0.29) is 18.5 Å². The first kappa shape index (κ1) is 57.3. The van der Waals surface area contributed by atoms with Crippen molar-refractivity contribution in [3.05, 3.63) is 24.3 Å². The molecule has 1 amide bonds. The van der Waals surface area contributed by atoms with Crippen LogP contribution >= 0.6 is 0 Å². The second kappa shape index (κ2) is 49.0. The third-order valence-corrected chi connectivity index (χ3v) is 12.0. The van der Waals surface area contributed by atoms with Crippen molar-refractivity contribution in [3.8, 4) is 0 Å². The van der Waals surface area contributed by atoms with E-state index < -0.39 is 12.1 Å². The first-order valence-corrected chi connectivity index (χ1v) is 26.1. The fraction of sp³-hybridized carbons (Fsp3) is 0.887. The minimum atomic E-state index is -0.677. The van der Waals surface area contributed by atoms with Gasteiger partial charge in [0.25, 0.3) is 0 Å². The predicted octanol–water partition coefficient (Wildman–Crippen LogP) is 15.5. The van der Waals surface area contributed by atoms with Crippen molar-refractivity contribution >= 4 is 11.9 Å². The van der Waals surface area contributed by atoms with Gasteiger partial charge < -0.3 is 20.3 Å². The lowest BCUT2D eigenvalue weighted by molar-refractivity contribution is -0.143. The molecule has 0 heterocycles. The van der Waals surface area contributed by atoms with Crippen LogP contribution < -0.4 is 5.32 Å². The summed E-state index contributed by atoms with van der Waals surface area (Å²) < 4.78 is 5.45. The fourth-order valence-corrected chi connectivity index (χ4v) is 7.95. The van der Waals surface area contributed by atoms with E-state index in [1.54, 1.807) is 0 Å². The van der Waals surface area contributed by atoms with Crippen molar-refractivity contribution in [2.45, 2.75) is 289 Å². The number of rotatable bonds is 48. The number of hydrogen-bond donors (Lipinski definition) is 3. The number of aliphatic hydroxyl groups is 2. The average Bonchev–Trinajstić information content (AvgIpc) is 3.24. The van der Waals surface area contributed by atoms with Gasteiger partial charge in [0.2, 0.25) is 5.91 Å². The first-order chi connectivity index (χ1) is 29.0. The molecule has 348 valence electrons. The number of amides is 1. The molecular weight excluding hydrogens is 731 g/mol. The summed E-state index contributed by atoms with van der Waals surface area (Å²) in [6.45, 7) is 4.87. The molecule has 2 unspecified atom stereocenters. The Hall–Kier alpha value is -1.66. The van der Waals surface area contributed by atoms with E-state index >= 15 is 0 Å². The second-order valence-corrected chi connectivity index (χ2v) is 17.9. The fourth-order valence-electron chi connectivity index (χ4n) is 7.95. The highest BCUT2D eigenvalue weighted by Gasteiger charge is 2.20. The Labute approximate surface area is 367 Å². The molecule has 2 atom stereocenters. The van der Waals surface area contributed by atoms with Crippen LogP contribution in [0.3, 0.4) is 0 Å². The van der Waals surface area contributed by atoms with Crippen LogP contribution in [0.25, 0.3) is 0 Å². The van der Waals surface area contributed by atoms with Gasteiger partial charge in [-0.1, -0.05) is 237 Å². The van der Waals surface area contributed by atoms with Crippen molar-refractivity contribution in [2.75, 3.05) is 13.2 Å². The number of aliphatic hydroxyl groups excluding tert-OH is 2. The van der Waals surface area contributed by atoms with Crippen LogP contribution in [0.1, 0.15) is 277 Å². The summed E-state index contributed by atoms with van der Waals surface area (Å²) >= 11 is 0. The molecule has 0 saturated heterocycles. The van der Waals surface area contributed by atoms with Gasteiger partial charge in [-0.15, -0.1) is 0 Å². The van der Waals surface area contributed by atoms with E-state index in [0.717, 1.165) is 70.6 Å². The molecule has 0 bridgehead atoms. The summed E-state index contributed by atoms with van der Waals surface area (Å²) in [7, 11) is 0. The van der Waals surface area contributed by atoms with Crippen LogP contribution in [0.5, 0.6) is 0 Å². The Morgan fingerprint density at radius 3 is 1.34 bits per heavy atom. The van der Waals surface area contributed by atoms with E-state index in [1.807, 2.05) is 0 Å². The van der Waals surface area contributed by atoms with Crippen LogP contribution in [0.15, 0.2) is 24.3 Å². The smallest absolute Gasteiger partial charge is 0.305 e. The number of ether oxygens (including phenoxy) is 1. The molecule has 0 aliphatic heterocycles. The van der Waals surface area contributed by atoms with Gasteiger partial charge in [0, 0.05) is 12.8 Å². The Morgan fingerprint density at radius 2 is 0.864 bits per heavy atom. The van der Waals surface area contributed by atoms with E-state index in [9.17, 15) is 19.8 Å². The number of hydrogen-bond acceptors (Lipinski definition) is 5. The lowest BCUT2D eigenvalue weighted by Gasteiger charge is -2.22. The quantitative estimate of drug-likeness (QED) is 0.0322. The van der Waals surface area contributed by atoms with Crippen LogP contribution in [-0.2, 0) is 14.3 Å². The normalized spacial score (nSPS) is 12.8. The number of unbranched alkanes of at least 4 members (excludes halogenated alkanes) is 33. The van der Waals surface area contributed by atoms with Crippen LogP contribution in [0.2, 0.25) is 0 Å². The Bertz CT molecular complexity index is 920. The number of allylic oxidation sites excluding steroid dienone is 4. The minimum absolute atomic E-state index is 0.0280. The van der Waals surface area contributed by atoms with Gasteiger partial charge in [-0.25, -0.2) is 0 Å². The molecule has 0 aromatic heterocycles. The predicted molar refractivity (Wildman–Crippen MR) is 255 cm³/mol. The zero-order valence-corrected chi connectivity index (χ0v) is 39.5. The molecule has 0 spiro atoms. The van der Waals surface area contributed by atoms with Crippen molar-refractivity contribution < 1.29 is 24.5 Å². The molecule has 0 aromatic carbocycles. The van der Waals surface area contributed by atoms with Crippen LogP contribution in [-0.4, -0.2) is 47.4 Å². The van der Waals surface area contributed by atoms with Gasteiger partial charge in [0.1, 0.15) is 0 Å². The van der Waals surface area contributed by atoms with Crippen molar-refractivity contribution in [1.29, 1.82) is 0 Å². The van der Waals surface area contributed by atoms with Gasteiger partial charge in [-0.05, 0) is 51.4 Å². The largest absolute Gasteiger partial charge is 0.466 e. The van der Waals surface area contributed by atoms with E-state index in [1.165, 1.54) is 173 Å². The molecule has 3 N–H and O–H groups in total. The molecule has 0 aliphatic rings. The minimum Gasteiger partial charge on any atom is -0.466 e. The van der Waals surface area contributed by atoms with Crippen LogP contribution in [0, 0.1) is 0 Å². The Kier molecular flexibility index (Phi) is 47.6. The maximum Gasteiger partial charge on any atom is 0.305 e. The second-order valence-electron chi connectivity index (χ2n) is 17.9. The summed E-state index contributed by atoms with van der Waals surface area (Å²) in [5.41, 5.74) is 0. The van der Waals surface area contributed by atoms with Crippen LogP contribution in [0.4, 0.5) is 0 Å². The van der Waals surface area contributed by atoms with E-state index in [2.05, 4.69) is 43.5 Å². The lowest BCUT2D eigenvalue weighted by atomic mass is 10.0. The Morgan fingerprint density at radius 1 is 0.475 bits per heavy atom. The van der Waals surface area contributed by atoms with Gasteiger partial charge >= 0.3 is 5.97 Å². The number of nitrogens with one attached hydrogen (secondary N) is 1. The average molecular weight is 832 g/mol. The molecule has 6 nitrogen and oxygen atoms in total. The third kappa shape index (κ3) is 45.7. The van der Waals surface area contributed by atoms with E-state index in [0.29, 0.717) is 25.9 Å². The Balaban J connectivity index is 3.48. The molecule has 0 fully saturated rings. The zero-order chi connectivity index (χ0) is 43.0. The summed E-state index contributed by atoms with van der Waals surface area (Å²) in [5.74, 6) is -0.0817. The van der Waals surface area contributed by atoms with E-state index in [4.69, 9.17) is 4.74 Å². The highest BCUT2D eigenvalue weighted by atomic mass is 16.5. The highest BCUT2D eigenvalue weighted by Crippen LogP contribution is 2.16. The van der Waals surface area contributed by atoms with Gasteiger partial charge in [-0.3, -0.25) is 9.59 Å². The first-order valence-electron chi connectivity index (χ1n) is 26.1. The molecule has 0 saturated carbocycles. The third-order valence-electron chi connectivity index (χ3n) is 12.0. The molecule has 0 rings (SSSR count). The zero-order valence-electron chi connectivity index (χ0n) is 39.5. The molecule has 0 aromatic rings. The van der Waals surface area contributed by atoms with Crippen molar-refractivity contribution in [1.82, 2.24) is 5.32 Å². The monoisotopic (exact) mass is 832 g/mol. The highest BCUT2D eigenvalue weighted by molar-refractivity contribution is 5.76. The van der Waals surface area contributed by atoms with Gasteiger partial charge in [0.05, 0.1) is 25.4 Å². The maximum atomic E-state index is 12.5. The summed E-state index contributed by atoms with van der Waals surface area (Å²) in [6.07, 6.45) is 57.1. The van der Waals surface area contributed by atoms with Gasteiger partial charge in [0.15, 0.2) is 0 Å².